The van der Waals surface area contributed by atoms with Crippen LogP contribution >= 0.6 is 0 Å². The van der Waals surface area contributed by atoms with Gasteiger partial charge < -0.3 is 24.8 Å². The molecule has 6 rings (SSSR count). The number of piperidine rings is 1. The van der Waals surface area contributed by atoms with Crippen molar-refractivity contribution in [3.8, 4) is 0 Å². The molecule has 164 valence electrons. The number of ether oxygens (including phenoxy) is 2. The van der Waals surface area contributed by atoms with Gasteiger partial charge in [0.05, 0.1) is 30.0 Å². The number of rotatable bonds is 3. The first-order chi connectivity index (χ1) is 13.8. The van der Waals surface area contributed by atoms with Crippen molar-refractivity contribution in [3.63, 3.8) is 0 Å². The molecule has 5 saturated carbocycles. The molecule has 0 aromatic rings. The molecule has 6 nitrogen and oxygen atoms in total. The fourth-order valence-electron chi connectivity index (χ4n) is 10.5. The molecule has 13 atom stereocenters. The normalized spacial score (nSPS) is 65.1. The van der Waals surface area contributed by atoms with Gasteiger partial charge in [-0.1, -0.05) is 13.8 Å². The molecule has 6 heteroatoms. The van der Waals surface area contributed by atoms with Gasteiger partial charge in [-0.3, -0.25) is 4.90 Å². The van der Waals surface area contributed by atoms with Gasteiger partial charge in [-0.25, -0.2) is 0 Å². The summed E-state index contributed by atoms with van der Waals surface area (Å²) < 4.78 is 12.0. The molecule has 0 aromatic heterocycles. The molecule has 5 aliphatic carbocycles. The molecule has 6 aliphatic rings. The Labute approximate surface area is 173 Å². The van der Waals surface area contributed by atoms with Gasteiger partial charge in [-0.15, -0.1) is 0 Å². The topological polar surface area (TPSA) is 82.4 Å². The van der Waals surface area contributed by atoms with Crippen LogP contribution in [0.4, 0.5) is 0 Å². The van der Waals surface area contributed by atoms with Crippen molar-refractivity contribution >= 4 is 0 Å². The van der Waals surface area contributed by atoms with E-state index >= 15 is 0 Å². The van der Waals surface area contributed by atoms with Crippen LogP contribution in [0.15, 0.2) is 0 Å². The van der Waals surface area contributed by atoms with Gasteiger partial charge in [-0.05, 0) is 37.1 Å². The maximum atomic E-state index is 12.3. The molecule has 1 saturated heterocycles. The standard InChI is InChI=1S/C23H37NO5/c1-5-24-10-21(2)7-6-14(29-4)23-12-8-11-13(28-3)9-22(27,15(12)17(11)25)16(20(23)24)18(26)19(21)23/h11-20,25-27H,5-10H2,1-4H3. The van der Waals surface area contributed by atoms with Crippen LogP contribution in [-0.2, 0) is 9.47 Å². The lowest BCUT2D eigenvalue weighted by molar-refractivity contribution is -0.270. The zero-order chi connectivity index (χ0) is 20.5. The van der Waals surface area contributed by atoms with Gasteiger partial charge in [0.2, 0.25) is 0 Å². The molecular weight excluding hydrogens is 370 g/mol. The van der Waals surface area contributed by atoms with Crippen LogP contribution in [0.2, 0.25) is 0 Å². The summed E-state index contributed by atoms with van der Waals surface area (Å²) >= 11 is 0. The molecule has 13 unspecified atom stereocenters. The van der Waals surface area contributed by atoms with Crippen molar-refractivity contribution in [2.24, 2.45) is 40.4 Å². The third kappa shape index (κ3) is 1.85. The van der Waals surface area contributed by atoms with Crippen molar-refractivity contribution in [3.05, 3.63) is 0 Å². The van der Waals surface area contributed by atoms with Crippen LogP contribution in [0, 0.1) is 40.4 Å². The number of fused-ring (bicyclic) bond motifs is 2. The SMILES string of the molecule is CCN1CC2(C)CCC(OC)C34C5CC6C(OC)CC(O)(C5C6O)C(C(O)C23)C14. The number of hydrogen-bond acceptors (Lipinski definition) is 6. The average Bonchev–Trinajstić information content (AvgIpc) is 3.08. The smallest absolute Gasteiger partial charge is 0.0796 e. The van der Waals surface area contributed by atoms with E-state index in [1.807, 2.05) is 7.11 Å². The molecule has 1 heterocycles. The van der Waals surface area contributed by atoms with Crippen LogP contribution in [0.5, 0.6) is 0 Å². The van der Waals surface area contributed by atoms with E-state index in [9.17, 15) is 15.3 Å². The number of nitrogens with zero attached hydrogens (tertiary/aromatic N) is 1. The summed E-state index contributed by atoms with van der Waals surface area (Å²) in [5.74, 6) is -0.0788. The van der Waals surface area contributed by atoms with Crippen LogP contribution in [0.1, 0.15) is 39.5 Å². The lowest BCUT2D eigenvalue weighted by Crippen LogP contribution is -2.75. The van der Waals surface area contributed by atoms with Crippen LogP contribution < -0.4 is 0 Å². The second-order valence-corrected chi connectivity index (χ2v) is 11.4. The highest BCUT2D eigenvalue weighted by atomic mass is 16.5. The molecule has 0 aromatic carbocycles. The maximum absolute atomic E-state index is 12.3. The van der Waals surface area contributed by atoms with E-state index in [4.69, 9.17) is 9.47 Å². The molecular formula is C23H37NO5. The Bertz CT molecular complexity index is 719. The summed E-state index contributed by atoms with van der Waals surface area (Å²) in [6.45, 7) is 6.47. The molecule has 6 fully saturated rings. The van der Waals surface area contributed by atoms with Crippen molar-refractivity contribution in [1.82, 2.24) is 4.90 Å². The molecule has 1 aliphatic heterocycles. The average molecular weight is 408 g/mol. The Morgan fingerprint density at radius 3 is 2.52 bits per heavy atom. The summed E-state index contributed by atoms with van der Waals surface area (Å²) in [5.41, 5.74) is -1.26. The summed E-state index contributed by atoms with van der Waals surface area (Å²) in [5, 5.41) is 35.5. The maximum Gasteiger partial charge on any atom is 0.0796 e. The minimum atomic E-state index is -1.08. The molecule has 7 bridgehead atoms. The van der Waals surface area contributed by atoms with Gasteiger partial charge in [0.1, 0.15) is 0 Å². The van der Waals surface area contributed by atoms with E-state index < -0.39 is 17.8 Å². The first kappa shape index (κ1) is 19.4. The predicted octanol–water partition coefficient (Wildman–Crippen LogP) is 0.876. The van der Waals surface area contributed by atoms with Crippen LogP contribution in [0.3, 0.4) is 0 Å². The van der Waals surface area contributed by atoms with Gasteiger partial charge in [-0.2, -0.15) is 0 Å². The van der Waals surface area contributed by atoms with Crippen LogP contribution in [-0.4, -0.2) is 83.6 Å². The third-order valence-electron chi connectivity index (χ3n) is 10.9. The summed E-state index contributed by atoms with van der Waals surface area (Å²) in [6.07, 6.45) is 2.25. The third-order valence-corrected chi connectivity index (χ3v) is 10.9. The highest BCUT2D eigenvalue weighted by Crippen LogP contribution is 2.78. The zero-order valence-corrected chi connectivity index (χ0v) is 18.1. The summed E-state index contributed by atoms with van der Waals surface area (Å²) in [6, 6.07) is 0.110. The van der Waals surface area contributed by atoms with E-state index in [0.29, 0.717) is 6.42 Å². The zero-order valence-electron chi connectivity index (χ0n) is 18.1. The molecule has 3 N–H and O–H groups in total. The van der Waals surface area contributed by atoms with Gasteiger partial charge >= 0.3 is 0 Å². The van der Waals surface area contributed by atoms with E-state index in [1.54, 1.807) is 7.11 Å². The number of hydrogen-bond donors (Lipinski definition) is 3. The highest BCUT2D eigenvalue weighted by Gasteiger charge is 2.85. The van der Waals surface area contributed by atoms with Crippen molar-refractivity contribution in [2.45, 2.75) is 75.6 Å². The molecule has 0 radical (unpaired) electrons. The quantitative estimate of drug-likeness (QED) is 0.644. The Morgan fingerprint density at radius 1 is 1.10 bits per heavy atom. The second kappa shape index (κ2) is 5.76. The first-order valence-corrected chi connectivity index (χ1v) is 11.7. The molecule has 29 heavy (non-hydrogen) atoms. The predicted molar refractivity (Wildman–Crippen MR) is 106 cm³/mol. The highest BCUT2D eigenvalue weighted by molar-refractivity contribution is 5.35. The Morgan fingerprint density at radius 2 is 1.86 bits per heavy atom. The minimum absolute atomic E-state index is 0.0222. The number of aliphatic hydroxyl groups is 3. The van der Waals surface area contributed by atoms with Crippen molar-refractivity contribution in [2.75, 3.05) is 27.3 Å². The second-order valence-electron chi connectivity index (χ2n) is 11.4. The van der Waals surface area contributed by atoms with Gasteiger partial charge in [0, 0.05) is 62.3 Å². The van der Waals surface area contributed by atoms with Gasteiger partial charge in [0.15, 0.2) is 0 Å². The number of methoxy groups -OCH3 is 2. The van der Waals surface area contributed by atoms with E-state index in [0.717, 1.165) is 32.4 Å². The largest absolute Gasteiger partial charge is 0.392 e. The monoisotopic (exact) mass is 407 g/mol. The van der Waals surface area contributed by atoms with Crippen LogP contribution in [0.25, 0.3) is 0 Å². The minimum Gasteiger partial charge on any atom is -0.392 e. The lowest BCUT2D eigenvalue weighted by Gasteiger charge is -2.68. The van der Waals surface area contributed by atoms with E-state index in [1.165, 1.54) is 0 Å². The van der Waals surface area contributed by atoms with E-state index in [-0.39, 0.29) is 58.7 Å². The fraction of sp³-hybridized carbons (Fsp3) is 1.00. The summed E-state index contributed by atoms with van der Waals surface area (Å²) in [7, 11) is 3.52. The summed E-state index contributed by atoms with van der Waals surface area (Å²) in [4.78, 5) is 2.55. The first-order valence-electron chi connectivity index (χ1n) is 11.7. The number of likely N-dealkylation sites (tertiary alicyclic amines) is 1. The molecule has 1 spiro atoms. The van der Waals surface area contributed by atoms with E-state index in [2.05, 4.69) is 18.7 Å². The molecule has 0 amide bonds. The van der Waals surface area contributed by atoms with Gasteiger partial charge in [0.25, 0.3) is 0 Å². The Kier molecular flexibility index (Phi) is 3.86. The van der Waals surface area contributed by atoms with Crippen molar-refractivity contribution < 1.29 is 24.8 Å². The fourth-order valence-corrected chi connectivity index (χ4v) is 10.5. The number of aliphatic hydroxyl groups excluding tert-OH is 2. The van der Waals surface area contributed by atoms with Crippen molar-refractivity contribution in [1.29, 1.82) is 0 Å². The Balaban J connectivity index is 1.63. The Hall–Kier alpha value is -0.240. The lowest BCUT2D eigenvalue weighted by atomic mass is 9.43.